The number of rotatable bonds is 3. The molecular formula is C13H14N2O2S. The molecule has 0 saturated carbocycles. The van der Waals surface area contributed by atoms with E-state index in [0.717, 1.165) is 28.0 Å². The number of hydrogen-bond donors (Lipinski definition) is 2. The zero-order valence-corrected chi connectivity index (χ0v) is 11.3. The number of aromatic nitrogens is 1. The van der Waals surface area contributed by atoms with Gasteiger partial charge >= 0.3 is 5.97 Å². The summed E-state index contributed by atoms with van der Waals surface area (Å²) in [7, 11) is 1.73. The molecule has 0 amide bonds. The van der Waals surface area contributed by atoms with Gasteiger partial charge < -0.3 is 10.4 Å². The maximum absolute atomic E-state index is 11.3. The monoisotopic (exact) mass is 262 g/mol. The van der Waals surface area contributed by atoms with Crippen molar-refractivity contribution in [2.45, 2.75) is 13.8 Å². The van der Waals surface area contributed by atoms with Crippen molar-refractivity contribution in [1.29, 1.82) is 0 Å². The normalized spacial score (nSPS) is 10.4. The van der Waals surface area contributed by atoms with Crippen molar-refractivity contribution in [3.8, 4) is 11.3 Å². The molecule has 0 aliphatic heterocycles. The van der Waals surface area contributed by atoms with Crippen LogP contribution in [0.25, 0.3) is 11.3 Å². The molecule has 0 aliphatic carbocycles. The molecule has 5 heteroatoms. The number of hydrogen-bond acceptors (Lipinski definition) is 4. The molecule has 0 radical (unpaired) electrons. The summed E-state index contributed by atoms with van der Waals surface area (Å²) in [5.74, 6) is -0.940. The first-order chi connectivity index (χ1) is 8.52. The van der Waals surface area contributed by atoms with Gasteiger partial charge in [0.2, 0.25) is 0 Å². The van der Waals surface area contributed by atoms with Gasteiger partial charge in [-0.25, -0.2) is 9.78 Å². The Hall–Kier alpha value is -1.88. The van der Waals surface area contributed by atoms with Crippen LogP contribution in [-0.4, -0.2) is 23.1 Å². The van der Waals surface area contributed by atoms with Crippen LogP contribution in [0.5, 0.6) is 0 Å². The second-order valence-corrected chi connectivity index (χ2v) is 5.07. The van der Waals surface area contributed by atoms with Crippen molar-refractivity contribution < 1.29 is 9.90 Å². The first kappa shape index (κ1) is 12.6. The van der Waals surface area contributed by atoms with Crippen LogP contribution in [0, 0.1) is 13.8 Å². The summed E-state index contributed by atoms with van der Waals surface area (Å²) in [5, 5.41) is 12.7. The van der Waals surface area contributed by atoms with Gasteiger partial charge in [-0.1, -0.05) is 29.0 Å². The Kier molecular flexibility index (Phi) is 3.34. The highest BCUT2D eigenvalue weighted by atomic mass is 32.1. The fraction of sp³-hybridized carbons (Fsp3) is 0.231. The summed E-state index contributed by atoms with van der Waals surface area (Å²) in [6.07, 6.45) is 0. The first-order valence-corrected chi connectivity index (χ1v) is 6.34. The van der Waals surface area contributed by atoms with Crippen molar-refractivity contribution in [2.75, 3.05) is 12.4 Å². The third-order valence-electron chi connectivity index (χ3n) is 2.68. The second-order valence-electron chi connectivity index (χ2n) is 4.07. The largest absolute Gasteiger partial charge is 0.477 e. The number of nitrogens with one attached hydrogen (secondary N) is 1. The molecule has 0 fully saturated rings. The number of carbonyl (C=O) groups is 1. The molecule has 2 rings (SSSR count). The maximum Gasteiger partial charge on any atom is 0.348 e. The van der Waals surface area contributed by atoms with E-state index in [1.54, 1.807) is 7.05 Å². The van der Waals surface area contributed by atoms with Gasteiger partial charge in [0.25, 0.3) is 0 Å². The number of aromatic carboxylic acids is 1. The van der Waals surface area contributed by atoms with Crippen molar-refractivity contribution >= 4 is 22.4 Å². The van der Waals surface area contributed by atoms with E-state index in [1.165, 1.54) is 0 Å². The van der Waals surface area contributed by atoms with Crippen LogP contribution in [0.1, 0.15) is 20.8 Å². The standard InChI is InChI=1S/C13H14N2O2S/c1-7-4-5-8(2)9(6-7)10-11(12(16)17)18-13(14-3)15-10/h4-6H,1-3H3,(H,14,15)(H,16,17). The molecule has 1 aromatic carbocycles. The molecule has 0 aliphatic rings. The summed E-state index contributed by atoms with van der Waals surface area (Å²) < 4.78 is 0. The molecule has 0 unspecified atom stereocenters. The second kappa shape index (κ2) is 4.78. The lowest BCUT2D eigenvalue weighted by atomic mass is 10.0. The fourth-order valence-electron chi connectivity index (χ4n) is 1.75. The zero-order valence-electron chi connectivity index (χ0n) is 10.4. The molecule has 94 valence electrons. The molecule has 0 bridgehead atoms. The molecule has 2 aromatic rings. The minimum Gasteiger partial charge on any atom is -0.477 e. The van der Waals surface area contributed by atoms with Gasteiger partial charge in [0.05, 0.1) is 5.69 Å². The average Bonchev–Trinajstić information content (AvgIpc) is 2.76. The van der Waals surface area contributed by atoms with Gasteiger partial charge in [0, 0.05) is 12.6 Å². The molecule has 0 atom stereocenters. The Labute approximate surface area is 109 Å². The SMILES string of the molecule is CNc1nc(-c2cc(C)ccc2C)c(C(=O)O)s1. The van der Waals surface area contributed by atoms with E-state index < -0.39 is 5.97 Å². The highest BCUT2D eigenvalue weighted by Gasteiger charge is 2.19. The Morgan fingerprint density at radius 1 is 1.39 bits per heavy atom. The Morgan fingerprint density at radius 3 is 2.72 bits per heavy atom. The predicted molar refractivity (Wildman–Crippen MR) is 73.5 cm³/mol. The molecular weight excluding hydrogens is 248 g/mol. The predicted octanol–water partition coefficient (Wildman–Crippen LogP) is 3.17. The summed E-state index contributed by atoms with van der Waals surface area (Å²) in [5.41, 5.74) is 3.53. The Bertz CT molecular complexity index is 605. The average molecular weight is 262 g/mol. The smallest absolute Gasteiger partial charge is 0.348 e. The first-order valence-electron chi connectivity index (χ1n) is 5.52. The summed E-state index contributed by atoms with van der Waals surface area (Å²) in [6.45, 7) is 3.94. The summed E-state index contributed by atoms with van der Waals surface area (Å²) in [6, 6.07) is 5.95. The topological polar surface area (TPSA) is 62.2 Å². The number of benzene rings is 1. The lowest BCUT2D eigenvalue weighted by Crippen LogP contribution is -1.97. The van der Waals surface area contributed by atoms with Crippen molar-refractivity contribution in [3.05, 3.63) is 34.2 Å². The summed E-state index contributed by atoms with van der Waals surface area (Å²) >= 11 is 1.16. The van der Waals surface area contributed by atoms with Crippen molar-refractivity contribution in [3.63, 3.8) is 0 Å². The minimum atomic E-state index is -0.940. The van der Waals surface area contributed by atoms with E-state index in [9.17, 15) is 9.90 Å². The van der Waals surface area contributed by atoms with Gasteiger partial charge in [-0.15, -0.1) is 0 Å². The highest BCUT2D eigenvalue weighted by molar-refractivity contribution is 7.17. The van der Waals surface area contributed by atoms with Crippen LogP contribution in [0.2, 0.25) is 0 Å². The zero-order chi connectivity index (χ0) is 13.3. The number of anilines is 1. The number of nitrogens with zero attached hydrogens (tertiary/aromatic N) is 1. The van der Waals surface area contributed by atoms with Crippen molar-refractivity contribution in [1.82, 2.24) is 4.98 Å². The van der Waals surface area contributed by atoms with Crippen LogP contribution >= 0.6 is 11.3 Å². The molecule has 2 N–H and O–H groups in total. The van der Waals surface area contributed by atoms with Crippen LogP contribution in [0.3, 0.4) is 0 Å². The maximum atomic E-state index is 11.3. The van der Waals surface area contributed by atoms with Crippen LogP contribution in [0.15, 0.2) is 18.2 Å². The van der Waals surface area contributed by atoms with Crippen LogP contribution in [0.4, 0.5) is 5.13 Å². The number of thiazole rings is 1. The van der Waals surface area contributed by atoms with Gasteiger partial charge in [-0.3, -0.25) is 0 Å². The van der Waals surface area contributed by atoms with Gasteiger partial charge in [-0.05, 0) is 25.5 Å². The molecule has 1 heterocycles. The van der Waals surface area contributed by atoms with Gasteiger partial charge in [-0.2, -0.15) is 0 Å². The quantitative estimate of drug-likeness (QED) is 0.892. The van der Waals surface area contributed by atoms with Crippen molar-refractivity contribution in [2.24, 2.45) is 0 Å². The molecule has 0 saturated heterocycles. The van der Waals surface area contributed by atoms with E-state index in [4.69, 9.17) is 0 Å². The van der Waals surface area contributed by atoms with E-state index in [1.807, 2.05) is 32.0 Å². The van der Waals surface area contributed by atoms with E-state index >= 15 is 0 Å². The Balaban J connectivity index is 2.65. The molecule has 4 nitrogen and oxygen atoms in total. The minimum absolute atomic E-state index is 0.271. The Morgan fingerprint density at radius 2 is 2.11 bits per heavy atom. The van der Waals surface area contributed by atoms with Gasteiger partial charge in [0.15, 0.2) is 5.13 Å². The fourth-order valence-corrected chi connectivity index (χ4v) is 2.52. The highest BCUT2D eigenvalue weighted by Crippen LogP contribution is 2.33. The van der Waals surface area contributed by atoms with Crippen LogP contribution < -0.4 is 5.32 Å². The van der Waals surface area contributed by atoms with Gasteiger partial charge in [0.1, 0.15) is 4.88 Å². The van der Waals surface area contributed by atoms with Crippen LogP contribution in [-0.2, 0) is 0 Å². The van der Waals surface area contributed by atoms with E-state index in [2.05, 4.69) is 10.3 Å². The molecule has 18 heavy (non-hydrogen) atoms. The summed E-state index contributed by atoms with van der Waals surface area (Å²) in [4.78, 5) is 15.9. The van der Waals surface area contributed by atoms with E-state index in [0.29, 0.717) is 10.8 Å². The number of carboxylic acid groups (broad SMARTS) is 1. The number of aryl methyl sites for hydroxylation is 2. The van der Waals surface area contributed by atoms with E-state index in [-0.39, 0.29) is 4.88 Å². The molecule has 1 aromatic heterocycles. The third kappa shape index (κ3) is 2.22. The number of carboxylic acids is 1. The lowest BCUT2D eigenvalue weighted by molar-refractivity contribution is 0.0702. The lowest BCUT2D eigenvalue weighted by Gasteiger charge is -2.05. The molecule has 0 spiro atoms. The third-order valence-corrected chi connectivity index (χ3v) is 3.74.